The predicted molar refractivity (Wildman–Crippen MR) is 102 cm³/mol. The van der Waals surface area contributed by atoms with E-state index in [2.05, 4.69) is 20.6 Å². The zero-order chi connectivity index (χ0) is 19.4. The minimum Gasteiger partial charge on any atom is -0.356 e. The van der Waals surface area contributed by atoms with Crippen LogP contribution in [0, 0.1) is 0 Å². The smallest absolute Gasteiger partial charge is 0.258 e. The summed E-state index contributed by atoms with van der Waals surface area (Å²) >= 11 is 0. The van der Waals surface area contributed by atoms with Crippen molar-refractivity contribution in [3.63, 3.8) is 0 Å². The fourth-order valence-electron chi connectivity index (χ4n) is 3.38. The van der Waals surface area contributed by atoms with Gasteiger partial charge in [0.15, 0.2) is 0 Å². The molecule has 8 nitrogen and oxygen atoms in total. The highest BCUT2D eigenvalue weighted by molar-refractivity contribution is 5.88. The summed E-state index contributed by atoms with van der Waals surface area (Å²) in [5.74, 6) is 0.231. The number of carbonyl (C=O) groups is 2. The number of nitrogens with zero attached hydrogens (tertiary/aromatic N) is 2. The third kappa shape index (κ3) is 4.51. The molecule has 1 aliphatic rings. The number of hydrogen-bond donors (Lipinski definition) is 3. The number of aromatic amines is 1. The first-order valence-corrected chi connectivity index (χ1v) is 9.24. The van der Waals surface area contributed by atoms with Crippen LogP contribution in [0.4, 0.5) is 0 Å². The molecule has 2 heterocycles. The molecule has 1 aromatic heterocycles. The van der Waals surface area contributed by atoms with E-state index in [0.717, 1.165) is 6.54 Å². The van der Waals surface area contributed by atoms with Crippen molar-refractivity contribution in [2.75, 3.05) is 19.6 Å². The lowest BCUT2D eigenvalue weighted by atomic mass is 10.1. The van der Waals surface area contributed by atoms with Gasteiger partial charge in [0.2, 0.25) is 11.8 Å². The summed E-state index contributed by atoms with van der Waals surface area (Å²) < 4.78 is 0. The van der Waals surface area contributed by atoms with Crippen LogP contribution in [-0.4, -0.2) is 58.4 Å². The van der Waals surface area contributed by atoms with Gasteiger partial charge in [-0.25, -0.2) is 4.98 Å². The zero-order valence-electron chi connectivity index (χ0n) is 15.6. The summed E-state index contributed by atoms with van der Waals surface area (Å²) in [7, 11) is 0. The molecular weight excluding hydrogens is 346 g/mol. The summed E-state index contributed by atoms with van der Waals surface area (Å²) in [5.41, 5.74) is 0.447. The van der Waals surface area contributed by atoms with E-state index in [9.17, 15) is 14.4 Å². The first-order valence-electron chi connectivity index (χ1n) is 9.24. The highest BCUT2D eigenvalue weighted by Crippen LogP contribution is 2.12. The minimum absolute atomic E-state index is 0.106. The number of para-hydroxylation sites is 1. The molecule has 27 heavy (non-hydrogen) atoms. The summed E-state index contributed by atoms with van der Waals surface area (Å²) in [5, 5.41) is 6.18. The van der Waals surface area contributed by atoms with Gasteiger partial charge in [0.25, 0.3) is 5.56 Å². The van der Waals surface area contributed by atoms with Crippen LogP contribution in [0.1, 0.15) is 26.1 Å². The van der Waals surface area contributed by atoms with Crippen molar-refractivity contribution in [2.24, 2.45) is 0 Å². The van der Waals surface area contributed by atoms with Crippen LogP contribution in [0.25, 0.3) is 10.9 Å². The van der Waals surface area contributed by atoms with Crippen molar-refractivity contribution < 1.29 is 9.59 Å². The topological polar surface area (TPSA) is 107 Å². The van der Waals surface area contributed by atoms with E-state index in [1.165, 1.54) is 0 Å². The molecule has 1 aliphatic heterocycles. The number of rotatable bonds is 6. The largest absolute Gasteiger partial charge is 0.356 e. The number of H-pyrrole nitrogens is 1. The van der Waals surface area contributed by atoms with E-state index < -0.39 is 6.04 Å². The second-order valence-electron chi connectivity index (χ2n) is 6.97. The minimum atomic E-state index is -0.447. The van der Waals surface area contributed by atoms with Gasteiger partial charge < -0.3 is 15.6 Å². The zero-order valence-corrected chi connectivity index (χ0v) is 15.6. The molecule has 8 heteroatoms. The van der Waals surface area contributed by atoms with E-state index in [1.54, 1.807) is 18.2 Å². The van der Waals surface area contributed by atoms with Gasteiger partial charge in [0, 0.05) is 32.1 Å². The Morgan fingerprint density at radius 1 is 1.33 bits per heavy atom. The Labute approximate surface area is 157 Å². The van der Waals surface area contributed by atoms with Gasteiger partial charge in [-0.05, 0) is 26.0 Å². The molecule has 2 aromatic rings. The third-order valence-electron chi connectivity index (χ3n) is 4.76. The first-order chi connectivity index (χ1) is 13.0. The second kappa shape index (κ2) is 8.30. The second-order valence-corrected chi connectivity index (χ2v) is 6.97. The molecule has 1 fully saturated rings. The van der Waals surface area contributed by atoms with Gasteiger partial charge in [-0.2, -0.15) is 0 Å². The number of amides is 2. The molecular formula is C19H25N5O3. The van der Waals surface area contributed by atoms with Gasteiger partial charge in [-0.1, -0.05) is 12.1 Å². The molecule has 0 spiro atoms. The van der Waals surface area contributed by atoms with Crippen LogP contribution in [0.3, 0.4) is 0 Å². The maximum Gasteiger partial charge on any atom is 0.258 e. The van der Waals surface area contributed by atoms with Crippen molar-refractivity contribution in [3.8, 4) is 0 Å². The lowest BCUT2D eigenvalue weighted by molar-refractivity contribution is -0.134. The Kier molecular flexibility index (Phi) is 5.85. The number of benzene rings is 1. The van der Waals surface area contributed by atoms with E-state index in [-0.39, 0.29) is 29.8 Å². The average molecular weight is 371 g/mol. The van der Waals surface area contributed by atoms with Crippen LogP contribution in [0.5, 0.6) is 0 Å². The standard InChI is InChI=1S/C19H25N5O3/c1-12(2)24-10-9-21-19(27)15(24)11-17(25)20-8-7-16-22-14-6-4-3-5-13(14)18(26)23-16/h3-6,12,15H,7-11H2,1-2H3,(H,20,25)(H,21,27)(H,22,23,26)/t15-/m1/s1. The monoisotopic (exact) mass is 371 g/mol. The molecule has 1 atom stereocenters. The molecule has 3 N–H and O–H groups in total. The molecule has 0 saturated carbocycles. The normalized spacial score (nSPS) is 17.9. The fraction of sp³-hybridized carbons (Fsp3) is 0.474. The number of piperazine rings is 1. The summed E-state index contributed by atoms with van der Waals surface area (Å²) in [6.45, 7) is 5.73. The van der Waals surface area contributed by atoms with E-state index >= 15 is 0 Å². The molecule has 0 aliphatic carbocycles. The van der Waals surface area contributed by atoms with E-state index in [0.29, 0.717) is 36.2 Å². The van der Waals surface area contributed by atoms with Crippen LogP contribution < -0.4 is 16.2 Å². The van der Waals surface area contributed by atoms with Gasteiger partial charge in [-0.15, -0.1) is 0 Å². The molecule has 0 radical (unpaired) electrons. The molecule has 2 amide bonds. The van der Waals surface area contributed by atoms with Crippen LogP contribution in [-0.2, 0) is 16.0 Å². The maximum atomic E-state index is 12.3. The number of nitrogens with one attached hydrogen (secondary N) is 3. The Morgan fingerprint density at radius 3 is 2.89 bits per heavy atom. The van der Waals surface area contributed by atoms with E-state index in [4.69, 9.17) is 0 Å². The van der Waals surface area contributed by atoms with Crippen molar-refractivity contribution in [1.29, 1.82) is 0 Å². The Balaban J connectivity index is 1.56. The molecule has 3 rings (SSSR count). The van der Waals surface area contributed by atoms with Crippen molar-refractivity contribution >= 4 is 22.7 Å². The van der Waals surface area contributed by atoms with Gasteiger partial charge in [-0.3, -0.25) is 19.3 Å². The average Bonchev–Trinajstić information content (AvgIpc) is 2.63. The summed E-state index contributed by atoms with van der Waals surface area (Å²) in [6.07, 6.45) is 0.530. The van der Waals surface area contributed by atoms with Crippen molar-refractivity contribution in [2.45, 2.75) is 38.8 Å². The number of hydrogen-bond acceptors (Lipinski definition) is 5. The van der Waals surface area contributed by atoms with Crippen LogP contribution in [0.2, 0.25) is 0 Å². The first kappa shape index (κ1) is 19.0. The Hall–Kier alpha value is -2.74. The van der Waals surface area contributed by atoms with Crippen LogP contribution >= 0.6 is 0 Å². The molecule has 0 unspecified atom stereocenters. The highest BCUT2D eigenvalue weighted by Gasteiger charge is 2.32. The highest BCUT2D eigenvalue weighted by atomic mass is 16.2. The maximum absolute atomic E-state index is 12.3. The Morgan fingerprint density at radius 2 is 2.11 bits per heavy atom. The lowest BCUT2D eigenvalue weighted by Crippen LogP contribution is -2.58. The van der Waals surface area contributed by atoms with Crippen LogP contribution in [0.15, 0.2) is 29.1 Å². The quantitative estimate of drug-likeness (QED) is 0.672. The van der Waals surface area contributed by atoms with Gasteiger partial charge in [0.1, 0.15) is 5.82 Å². The summed E-state index contributed by atoms with van der Waals surface area (Å²) in [6, 6.07) is 6.88. The van der Waals surface area contributed by atoms with Gasteiger partial charge >= 0.3 is 0 Å². The van der Waals surface area contributed by atoms with Crippen molar-refractivity contribution in [3.05, 3.63) is 40.4 Å². The number of aromatic nitrogens is 2. The molecule has 1 saturated heterocycles. The molecule has 144 valence electrons. The molecule has 1 aromatic carbocycles. The number of carbonyl (C=O) groups excluding carboxylic acids is 2. The molecule has 0 bridgehead atoms. The summed E-state index contributed by atoms with van der Waals surface area (Å²) in [4.78, 5) is 45.7. The third-order valence-corrected chi connectivity index (χ3v) is 4.76. The van der Waals surface area contributed by atoms with E-state index in [1.807, 2.05) is 24.8 Å². The number of fused-ring (bicyclic) bond motifs is 1. The Bertz CT molecular complexity index is 892. The SMILES string of the molecule is CC(C)N1CCNC(=O)[C@H]1CC(=O)NCCc1nc2ccccc2c(=O)[nH]1. The lowest BCUT2D eigenvalue weighted by Gasteiger charge is -2.37. The predicted octanol–water partition coefficient (Wildman–Crippen LogP) is 0.181. The van der Waals surface area contributed by atoms with Gasteiger partial charge in [0.05, 0.1) is 23.4 Å². The fourth-order valence-corrected chi connectivity index (χ4v) is 3.38. The van der Waals surface area contributed by atoms with Crippen molar-refractivity contribution in [1.82, 2.24) is 25.5 Å².